The maximum atomic E-state index is 3.89. The molecule has 3 fully saturated rings. The van der Waals surface area contributed by atoms with Gasteiger partial charge >= 0.3 is 0 Å². The molecule has 1 nitrogen and oxygen atoms in total. The molecule has 2 aliphatic carbocycles. The summed E-state index contributed by atoms with van der Waals surface area (Å²) in [5, 5.41) is 4.82. The Labute approximate surface area is 97.8 Å². The summed E-state index contributed by atoms with van der Waals surface area (Å²) in [6.07, 6.45) is 10.4. The summed E-state index contributed by atoms with van der Waals surface area (Å²) in [7, 11) is 0. The first kappa shape index (κ1) is 10.5. The van der Waals surface area contributed by atoms with E-state index in [1.807, 2.05) is 0 Å². The molecule has 2 saturated carbocycles. The van der Waals surface area contributed by atoms with E-state index < -0.39 is 0 Å². The molecule has 3 rings (SSSR count). The molecule has 15 heavy (non-hydrogen) atoms. The van der Waals surface area contributed by atoms with E-state index in [2.05, 4.69) is 17.1 Å². The van der Waals surface area contributed by atoms with Crippen molar-refractivity contribution in [3.63, 3.8) is 0 Å². The Morgan fingerprint density at radius 1 is 1.00 bits per heavy atom. The van der Waals surface area contributed by atoms with Crippen LogP contribution < -0.4 is 5.32 Å². The Bertz CT molecular complexity index is 193. The molecule has 1 unspecified atom stereocenters. The van der Waals surface area contributed by atoms with Gasteiger partial charge in [0.15, 0.2) is 0 Å². The Morgan fingerprint density at radius 2 is 1.73 bits per heavy atom. The van der Waals surface area contributed by atoms with E-state index >= 15 is 0 Å². The van der Waals surface area contributed by atoms with Gasteiger partial charge in [-0.2, -0.15) is 11.8 Å². The van der Waals surface area contributed by atoms with Crippen LogP contribution in [0.5, 0.6) is 0 Å². The zero-order valence-corrected chi connectivity index (χ0v) is 10.4. The number of hydrogen-bond acceptors (Lipinski definition) is 2. The standard InChI is InChI=1S/C13H23NS/c1-2-8-15-12(3-1)9-14-13(10-4-5-10)11-6-7-11/h10-14H,1-9H2. The number of nitrogens with one attached hydrogen (secondary N) is 1. The van der Waals surface area contributed by atoms with Crippen molar-refractivity contribution in [3.05, 3.63) is 0 Å². The zero-order valence-electron chi connectivity index (χ0n) is 9.58. The normalized spacial score (nSPS) is 32.2. The van der Waals surface area contributed by atoms with E-state index in [0.29, 0.717) is 0 Å². The van der Waals surface area contributed by atoms with Gasteiger partial charge in [0.05, 0.1) is 0 Å². The molecule has 0 bridgehead atoms. The van der Waals surface area contributed by atoms with Crippen LogP contribution in [0.3, 0.4) is 0 Å². The third-order valence-electron chi connectivity index (χ3n) is 4.11. The van der Waals surface area contributed by atoms with E-state index in [9.17, 15) is 0 Å². The lowest BCUT2D eigenvalue weighted by Crippen LogP contribution is -2.38. The number of rotatable bonds is 5. The van der Waals surface area contributed by atoms with Gasteiger partial charge in [-0.15, -0.1) is 0 Å². The molecule has 1 heterocycles. The Hall–Kier alpha value is 0.310. The number of hydrogen-bond donors (Lipinski definition) is 1. The molecule has 0 spiro atoms. The van der Waals surface area contributed by atoms with Gasteiger partial charge < -0.3 is 5.32 Å². The van der Waals surface area contributed by atoms with Crippen molar-refractivity contribution in [2.24, 2.45) is 11.8 Å². The molecule has 0 aromatic rings. The van der Waals surface area contributed by atoms with Gasteiger partial charge in [0, 0.05) is 17.8 Å². The maximum Gasteiger partial charge on any atom is 0.0172 e. The second kappa shape index (κ2) is 4.67. The first-order valence-corrected chi connectivity index (χ1v) is 7.83. The van der Waals surface area contributed by atoms with Crippen molar-refractivity contribution >= 4 is 11.8 Å². The Balaban J connectivity index is 1.42. The van der Waals surface area contributed by atoms with Gasteiger partial charge in [0.2, 0.25) is 0 Å². The Morgan fingerprint density at radius 3 is 2.27 bits per heavy atom. The molecule has 0 aromatic heterocycles. The summed E-state index contributed by atoms with van der Waals surface area (Å²) in [6, 6.07) is 0.910. The summed E-state index contributed by atoms with van der Waals surface area (Å²) < 4.78 is 0. The van der Waals surface area contributed by atoms with Gasteiger partial charge in [0.1, 0.15) is 0 Å². The maximum absolute atomic E-state index is 3.89. The zero-order chi connectivity index (χ0) is 10.1. The van der Waals surface area contributed by atoms with E-state index in [4.69, 9.17) is 0 Å². The average molecular weight is 225 g/mol. The fraction of sp³-hybridized carbons (Fsp3) is 1.00. The topological polar surface area (TPSA) is 12.0 Å². The summed E-state index contributed by atoms with van der Waals surface area (Å²) in [5.74, 6) is 3.53. The van der Waals surface area contributed by atoms with Crippen LogP contribution >= 0.6 is 11.8 Å². The molecule has 1 saturated heterocycles. The van der Waals surface area contributed by atoms with Crippen LogP contribution in [0, 0.1) is 11.8 Å². The van der Waals surface area contributed by atoms with Crippen LogP contribution in [0.25, 0.3) is 0 Å². The molecule has 0 aromatic carbocycles. The molecular weight excluding hydrogens is 202 g/mol. The van der Waals surface area contributed by atoms with Gasteiger partial charge in [-0.05, 0) is 56.1 Å². The number of thioether (sulfide) groups is 1. The molecule has 1 atom stereocenters. The van der Waals surface area contributed by atoms with Gasteiger partial charge in [-0.25, -0.2) is 0 Å². The summed E-state index contributed by atoms with van der Waals surface area (Å²) in [5.41, 5.74) is 0. The van der Waals surface area contributed by atoms with E-state index in [-0.39, 0.29) is 0 Å². The van der Waals surface area contributed by atoms with Crippen LogP contribution in [-0.2, 0) is 0 Å². The smallest absolute Gasteiger partial charge is 0.0172 e. The van der Waals surface area contributed by atoms with E-state index in [1.54, 1.807) is 0 Å². The highest BCUT2D eigenvalue weighted by atomic mass is 32.2. The summed E-state index contributed by atoms with van der Waals surface area (Å²) in [4.78, 5) is 0. The molecule has 0 amide bonds. The van der Waals surface area contributed by atoms with E-state index in [1.165, 1.54) is 57.2 Å². The van der Waals surface area contributed by atoms with Crippen LogP contribution in [0.4, 0.5) is 0 Å². The predicted molar refractivity (Wildman–Crippen MR) is 67.3 cm³/mol. The van der Waals surface area contributed by atoms with Gasteiger partial charge in [0.25, 0.3) is 0 Å². The quantitative estimate of drug-likeness (QED) is 0.772. The van der Waals surface area contributed by atoms with Crippen molar-refractivity contribution in [3.8, 4) is 0 Å². The van der Waals surface area contributed by atoms with Crippen molar-refractivity contribution in [1.82, 2.24) is 5.32 Å². The van der Waals surface area contributed by atoms with Crippen molar-refractivity contribution in [2.45, 2.75) is 56.2 Å². The molecule has 2 heteroatoms. The predicted octanol–water partition coefficient (Wildman–Crippen LogP) is 3.05. The lowest BCUT2D eigenvalue weighted by Gasteiger charge is -2.25. The first-order chi connectivity index (χ1) is 7.43. The molecule has 86 valence electrons. The molecule has 0 radical (unpaired) electrons. The highest BCUT2D eigenvalue weighted by Gasteiger charge is 2.41. The largest absolute Gasteiger partial charge is 0.312 e. The minimum Gasteiger partial charge on any atom is -0.312 e. The summed E-state index contributed by atoms with van der Waals surface area (Å²) >= 11 is 2.21. The fourth-order valence-corrected chi connectivity index (χ4v) is 4.12. The SMILES string of the molecule is C1CCC(CNC(C2CC2)C2CC2)SC1. The molecule has 1 N–H and O–H groups in total. The average Bonchev–Trinajstić information content (AvgIpc) is 3.14. The molecule has 3 aliphatic rings. The summed E-state index contributed by atoms with van der Waals surface area (Å²) in [6.45, 7) is 1.29. The molecule has 1 aliphatic heterocycles. The second-order valence-electron chi connectivity index (χ2n) is 5.60. The highest BCUT2D eigenvalue weighted by Crippen LogP contribution is 2.44. The van der Waals surface area contributed by atoms with Crippen LogP contribution in [0.15, 0.2) is 0 Å². The monoisotopic (exact) mass is 225 g/mol. The van der Waals surface area contributed by atoms with Crippen LogP contribution in [0.1, 0.15) is 44.9 Å². The van der Waals surface area contributed by atoms with Gasteiger partial charge in [-0.1, -0.05) is 6.42 Å². The molecular formula is C13H23NS. The Kier molecular flexibility index (Phi) is 3.25. The fourth-order valence-electron chi connectivity index (χ4n) is 2.86. The lowest BCUT2D eigenvalue weighted by atomic mass is 10.1. The van der Waals surface area contributed by atoms with Gasteiger partial charge in [-0.3, -0.25) is 0 Å². The third kappa shape index (κ3) is 2.91. The minimum atomic E-state index is 0.910. The van der Waals surface area contributed by atoms with Crippen LogP contribution in [-0.4, -0.2) is 23.6 Å². The second-order valence-corrected chi connectivity index (χ2v) is 7.01. The highest BCUT2D eigenvalue weighted by molar-refractivity contribution is 7.99. The van der Waals surface area contributed by atoms with E-state index in [0.717, 1.165) is 23.1 Å². The van der Waals surface area contributed by atoms with Crippen molar-refractivity contribution < 1.29 is 0 Å². The third-order valence-corrected chi connectivity index (χ3v) is 5.51. The van der Waals surface area contributed by atoms with Crippen molar-refractivity contribution in [2.75, 3.05) is 12.3 Å². The lowest BCUT2D eigenvalue weighted by molar-refractivity contribution is 0.412. The first-order valence-electron chi connectivity index (χ1n) is 6.78. The van der Waals surface area contributed by atoms with Crippen LogP contribution in [0.2, 0.25) is 0 Å². The van der Waals surface area contributed by atoms with Crippen molar-refractivity contribution in [1.29, 1.82) is 0 Å². The minimum absolute atomic E-state index is 0.910.